The maximum absolute atomic E-state index is 13.3. The molecule has 0 radical (unpaired) electrons. The third-order valence-electron chi connectivity index (χ3n) is 2.24. The number of halogens is 3. The zero-order valence-corrected chi connectivity index (χ0v) is 11.1. The summed E-state index contributed by atoms with van der Waals surface area (Å²) in [6, 6.07) is 9.91. The molecule has 0 aliphatic rings. The molecule has 0 spiro atoms. The summed E-state index contributed by atoms with van der Waals surface area (Å²) in [5.41, 5.74) is 0.513. The summed E-state index contributed by atoms with van der Waals surface area (Å²) in [5, 5.41) is 5.69. The van der Waals surface area contributed by atoms with Crippen molar-refractivity contribution in [2.45, 2.75) is 0 Å². The van der Waals surface area contributed by atoms with E-state index in [4.69, 9.17) is 23.2 Å². The molecule has 0 heterocycles. The Morgan fingerprint density at radius 3 is 2.26 bits per heavy atom. The Kier molecular flexibility index (Phi) is 4.24. The van der Waals surface area contributed by atoms with Gasteiger partial charge in [0.2, 0.25) is 0 Å². The van der Waals surface area contributed by atoms with Gasteiger partial charge in [-0.05, 0) is 30.3 Å². The number of anilines is 2. The summed E-state index contributed by atoms with van der Waals surface area (Å²) in [6.45, 7) is 0. The first kappa shape index (κ1) is 13.6. The average Bonchev–Trinajstić information content (AvgIpc) is 2.30. The lowest BCUT2D eigenvalue weighted by Crippen LogP contribution is -2.20. The Bertz CT molecular complexity index is 599. The van der Waals surface area contributed by atoms with Crippen molar-refractivity contribution >= 4 is 40.6 Å². The number of carbonyl (C=O) groups is 1. The molecular weight excluding hydrogens is 290 g/mol. The molecule has 2 aromatic rings. The van der Waals surface area contributed by atoms with E-state index in [1.807, 2.05) is 0 Å². The van der Waals surface area contributed by atoms with Gasteiger partial charge in [-0.3, -0.25) is 0 Å². The third kappa shape index (κ3) is 3.84. The monoisotopic (exact) mass is 298 g/mol. The molecule has 6 heteroatoms. The van der Waals surface area contributed by atoms with Crippen molar-refractivity contribution in [2.24, 2.45) is 0 Å². The van der Waals surface area contributed by atoms with E-state index in [0.717, 1.165) is 0 Å². The lowest BCUT2D eigenvalue weighted by Gasteiger charge is -2.09. The number of nitrogens with one attached hydrogen (secondary N) is 2. The lowest BCUT2D eigenvalue weighted by atomic mass is 10.3. The number of hydrogen-bond donors (Lipinski definition) is 2. The zero-order chi connectivity index (χ0) is 13.8. The van der Waals surface area contributed by atoms with Crippen LogP contribution in [-0.4, -0.2) is 6.03 Å². The standard InChI is InChI=1S/C13H9Cl2FN2O/c14-8-5-9(15)7-10(6-8)17-13(19)18-12-4-2-1-3-11(12)16/h1-7H,(H2,17,18,19). The molecule has 3 nitrogen and oxygen atoms in total. The van der Waals surface area contributed by atoms with Crippen LogP contribution in [0, 0.1) is 5.82 Å². The molecule has 2 rings (SSSR count). The molecule has 0 saturated carbocycles. The summed E-state index contributed by atoms with van der Waals surface area (Å²) >= 11 is 11.6. The van der Waals surface area contributed by atoms with E-state index < -0.39 is 11.8 Å². The second kappa shape index (κ2) is 5.91. The highest BCUT2D eigenvalue weighted by atomic mass is 35.5. The van der Waals surface area contributed by atoms with Crippen LogP contribution >= 0.6 is 23.2 Å². The number of amides is 2. The number of hydrogen-bond acceptors (Lipinski definition) is 1. The number of carbonyl (C=O) groups excluding carboxylic acids is 1. The fraction of sp³-hybridized carbons (Fsp3) is 0. The van der Waals surface area contributed by atoms with E-state index in [9.17, 15) is 9.18 Å². The highest BCUT2D eigenvalue weighted by Crippen LogP contribution is 2.22. The summed E-state index contributed by atoms with van der Waals surface area (Å²) in [7, 11) is 0. The fourth-order valence-electron chi connectivity index (χ4n) is 1.47. The second-order valence-corrected chi connectivity index (χ2v) is 4.59. The zero-order valence-electron chi connectivity index (χ0n) is 9.58. The van der Waals surface area contributed by atoms with Crippen LogP contribution in [0.5, 0.6) is 0 Å². The molecule has 0 aliphatic heterocycles. The molecule has 2 amide bonds. The van der Waals surface area contributed by atoms with Gasteiger partial charge in [0, 0.05) is 15.7 Å². The number of rotatable bonds is 2. The number of para-hydroxylation sites is 1. The van der Waals surface area contributed by atoms with E-state index in [2.05, 4.69) is 10.6 Å². The van der Waals surface area contributed by atoms with Crippen LogP contribution in [0.2, 0.25) is 10.0 Å². The molecule has 0 saturated heterocycles. The molecular formula is C13H9Cl2FN2O. The predicted molar refractivity (Wildman–Crippen MR) is 75.5 cm³/mol. The van der Waals surface area contributed by atoms with Gasteiger partial charge >= 0.3 is 6.03 Å². The number of benzene rings is 2. The first-order chi connectivity index (χ1) is 9.04. The molecule has 0 atom stereocenters. The van der Waals surface area contributed by atoms with Gasteiger partial charge in [0.15, 0.2) is 0 Å². The molecule has 0 fully saturated rings. The SMILES string of the molecule is O=C(Nc1cc(Cl)cc(Cl)c1)Nc1ccccc1F. The van der Waals surface area contributed by atoms with Crippen molar-refractivity contribution in [2.75, 3.05) is 10.6 Å². The summed E-state index contributed by atoms with van der Waals surface area (Å²) in [6.07, 6.45) is 0. The van der Waals surface area contributed by atoms with Crippen molar-refractivity contribution in [1.29, 1.82) is 0 Å². The highest BCUT2D eigenvalue weighted by molar-refractivity contribution is 6.35. The van der Waals surface area contributed by atoms with Gasteiger partial charge in [-0.15, -0.1) is 0 Å². The fourth-order valence-corrected chi connectivity index (χ4v) is 2.00. The minimum absolute atomic E-state index is 0.0909. The largest absolute Gasteiger partial charge is 0.323 e. The second-order valence-electron chi connectivity index (χ2n) is 3.72. The van der Waals surface area contributed by atoms with E-state index in [-0.39, 0.29) is 5.69 Å². The quantitative estimate of drug-likeness (QED) is 0.823. The Morgan fingerprint density at radius 2 is 1.63 bits per heavy atom. The highest BCUT2D eigenvalue weighted by Gasteiger charge is 2.07. The minimum Gasteiger partial charge on any atom is -0.308 e. The lowest BCUT2D eigenvalue weighted by molar-refractivity contribution is 0.262. The van der Waals surface area contributed by atoms with Gasteiger partial charge in [0.1, 0.15) is 5.82 Å². The Morgan fingerprint density at radius 1 is 1.00 bits per heavy atom. The van der Waals surface area contributed by atoms with Crippen LogP contribution < -0.4 is 10.6 Å². The van der Waals surface area contributed by atoms with Crippen LogP contribution in [0.4, 0.5) is 20.6 Å². The molecule has 0 aromatic heterocycles. The van der Waals surface area contributed by atoms with E-state index in [0.29, 0.717) is 15.7 Å². The van der Waals surface area contributed by atoms with Crippen LogP contribution in [0.15, 0.2) is 42.5 Å². The topological polar surface area (TPSA) is 41.1 Å². The van der Waals surface area contributed by atoms with Crippen molar-refractivity contribution in [3.05, 3.63) is 58.3 Å². The average molecular weight is 299 g/mol. The molecule has 0 bridgehead atoms. The molecule has 98 valence electrons. The summed E-state index contributed by atoms with van der Waals surface area (Å²) in [4.78, 5) is 11.7. The summed E-state index contributed by atoms with van der Waals surface area (Å²) < 4.78 is 13.3. The van der Waals surface area contributed by atoms with Crippen LogP contribution in [0.1, 0.15) is 0 Å². The van der Waals surface area contributed by atoms with Gasteiger partial charge in [-0.2, -0.15) is 0 Å². The van der Waals surface area contributed by atoms with E-state index in [1.165, 1.54) is 30.3 Å². The van der Waals surface area contributed by atoms with Crippen LogP contribution in [0.3, 0.4) is 0 Å². The Labute approximate surface area is 119 Å². The van der Waals surface area contributed by atoms with E-state index in [1.54, 1.807) is 12.1 Å². The van der Waals surface area contributed by atoms with Gasteiger partial charge in [-0.25, -0.2) is 9.18 Å². The molecule has 2 N–H and O–H groups in total. The van der Waals surface area contributed by atoms with Crippen molar-refractivity contribution < 1.29 is 9.18 Å². The Hall–Kier alpha value is -1.78. The predicted octanol–water partition coefficient (Wildman–Crippen LogP) is 4.78. The van der Waals surface area contributed by atoms with Crippen molar-refractivity contribution in [3.8, 4) is 0 Å². The molecule has 2 aromatic carbocycles. The van der Waals surface area contributed by atoms with Gasteiger partial charge in [0.05, 0.1) is 5.69 Å². The molecule has 19 heavy (non-hydrogen) atoms. The first-order valence-corrected chi connectivity index (χ1v) is 6.09. The maximum atomic E-state index is 13.3. The van der Waals surface area contributed by atoms with E-state index >= 15 is 0 Å². The van der Waals surface area contributed by atoms with Crippen LogP contribution in [0.25, 0.3) is 0 Å². The van der Waals surface area contributed by atoms with Crippen LogP contribution in [-0.2, 0) is 0 Å². The first-order valence-electron chi connectivity index (χ1n) is 5.33. The molecule has 0 unspecified atom stereocenters. The Balaban J connectivity index is 2.07. The van der Waals surface area contributed by atoms with Gasteiger partial charge in [-0.1, -0.05) is 35.3 Å². The number of urea groups is 1. The minimum atomic E-state index is -0.580. The van der Waals surface area contributed by atoms with Crippen molar-refractivity contribution in [1.82, 2.24) is 0 Å². The normalized spacial score (nSPS) is 10.1. The van der Waals surface area contributed by atoms with Gasteiger partial charge in [0.25, 0.3) is 0 Å². The third-order valence-corrected chi connectivity index (χ3v) is 2.68. The maximum Gasteiger partial charge on any atom is 0.323 e. The van der Waals surface area contributed by atoms with Crippen molar-refractivity contribution in [3.63, 3.8) is 0 Å². The van der Waals surface area contributed by atoms with Gasteiger partial charge < -0.3 is 10.6 Å². The summed E-state index contributed by atoms with van der Waals surface area (Å²) in [5.74, 6) is -0.512. The smallest absolute Gasteiger partial charge is 0.308 e. The molecule has 0 aliphatic carbocycles.